The Morgan fingerprint density at radius 1 is 1.19 bits per heavy atom. The van der Waals surface area contributed by atoms with Gasteiger partial charge in [0.15, 0.2) is 23.3 Å². The highest BCUT2D eigenvalue weighted by molar-refractivity contribution is 8.13. The van der Waals surface area contributed by atoms with Gasteiger partial charge in [-0.2, -0.15) is 5.10 Å². The third-order valence-corrected chi connectivity index (χ3v) is 5.35. The molecule has 0 spiro atoms. The van der Waals surface area contributed by atoms with Gasteiger partial charge in [-0.05, 0) is 29.3 Å². The number of rotatable bonds is 8. The molecule has 0 aromatic heterocycles. The molecule has 1 heterocycles. The Hall–Kier alpha value is -3.04. The van der Waals surface area contributed by atoms with Crippen molar-refractivity contribution in [3.8, 4) is 11.5 Å². The number of hydrogen-bond donors (Lipinski definition) is 1. The molecule has 2 N–H and O–H groups in total. The molecule has 0 saturated carbocycles. The third-order valence-electron chi connectivity index (χ3n) is 4.50. The first-order valence-corrected chi connectivity index (χ1v) is 10.8. The summed E-state index contributed by atoms with van der Waals surface area (Å²) < 4.78 is 16.3. The van der Waals surface area contributed by atoms with E-state index in [1.807, 2.05) is 36.4 Å². The van der Waals surface area contributed by atoms with E-state index in [4.69, 9.17) is 19.9 Å². The first-order valence-electron chi connectivity index (χ1n) is 9.85. The van der Waals surface area contributed by atoms with Crippen LogP contribution in [-0.2, 0) is 15.3 Å². The summed E-state index contributed by atoms with van der Waals surface area (Å²) in [6, 6.07) is 15.3. The Bertz CT molecular complexity index is 915. The van der Waals surface area contributed by atoms with Gasteiger partial charge in [-0.1, -0.05) is 42.1 Å². The first-order chi connectivity index (χ1) is 15.2. The van der Waals surface area contributed by atoms with Crippen LogP contribution in [0.2, 0.25) is 0 Å². The molecule has 1 fully saturated rings. The number of amidine groups is 1. The summed E-state index contributed by atoms with van der Waals surface area (Å²) in [6.45, 7) is 2.23. The van der Waals surface area contributed by atoms with Crippen LogP contribution < -0.4 is 15.2 Å². The molecule has 0 unspecified atom stereocenters. The molecular weight excluding hydrogens is 416 g/mol. The quantitative estimate of drug-likeness (QED) is 0.383. The fraction of sp³-hybridized carbons (Fsp3) is 0.318. The van der Waals surface area contributed by atoms with Gasteiger partial charge < -0.3 is 24.8 Å². The number of benzene rings is 2. The van der Waals surface area contributed by atoms with Crippen molar-refractivity contribution in [2.45, 2.75) is 5.75 Å². The van der Waals surface area contributed by atoms with Crippen LogP contribution in [0.4, 0.5) is 0 Å². The van der Waals surface area contributed by atoms with Crippen LogP contribution in [0.5, 0.6) is 11.5 Å². The van der Waals surface area contributed by atoms with Crippen molar-refractivity contribution < 1.29 is 19.0 Å². The minimum atomic E-state index is -0.0752. The Labute approximate surface area is 186 Å². The summed E-state index contributed by atoms with van der Waals surface area (Å²) in [4.78, 5) is 14.0. The monoisotopic (exact) mass is 442 g/mol. The number of morpholine rings is 1. The standard InChI is InChI=1S/C22H26N4O4S/c1-28-20-13-18(14-24-25-22(23)31-16-17-5-3-2-4-6-17)7-8-19(20)30-15-21(27)26-9-11-29-12-10-26/h2-8,13-14H,9-12,15-16H2,1H3,(H2,23,25). The molecule has 31 heavy (non-hydrogen) atoms. The summed E-state index contributed by atoms with van der Waals surface area (Å²) in [5.41, 5.74) is 7.85. The summed E-state index contributed by atoms with van der Waals surface area (Å²) in [6.07, 6.45) is 1.58. The molecule has 3 rings (SSSR count). The van der Waals surface area contributed by atoms with Crippen molar-refractivity contribution in [3.63, 3.8) is 0 Å². The average molecular weight is 443 g/mol. The molecule has 164 valence electrons. The van der Waals surface area contributed by atoms with Crippen molar-refractivity contribution >= 4 is 29.1 Å². The Kier molecular flexibility index (Phi) is 8.74. The van der Waals surface area contributed by atoms with E-state index < -0.39 is 0 Å². The molecule has 2 aromatic carbocycles. The van der Waals surface area contributed by atoms with Gasteiger partial charge in [0.1, 0.15) is 0 Å². The molecule has 2 aromatic rings. The van der Waals surface area contributed by atoms with Crippen molar-refractivity contribution in [2.75, 3.05) is 40.0 Å². The molecule has 1 aliphatic heterocycles. The number of nitrogens with zero attached hydrogens (tertiary/aromatic N) is 3. The zero-order valence-electron chi connectivity index (χ0n) is 17.4. The maximum Gasteiger partial charge on any atom is 0.260 e. The van der Waals surface area contributed by atoms with Crippen molar-refractivity contribution in [1.29, 1.82) is 0 Å². The average Bonchev–Trinajstić information content (AvgIpc) is 2.82. The molecular formula is C22H26N4O4S. The predicted molar refractivity (Wildman–Crippen MR) is 123 cm³/mol. The second kappa shape index (κ2) is 12.0. The summed E-state index contributed by atoms with van der Waals surface area (Å²) in [7, 11) is 1.54. The highest BCUT2D eigenvalue weighted by Crippen LogP contribution is 2.27. The van der Waals surface area contributed by atoms with Gasteiger partial charge in [-0.3, -0.25) is 4.79 Å². The molecule has 8 nitrogen and oxygen atoms in total. The second-order valence-electron chi connectivity index (χ2n) is 6.65. The summed E-state index contributed by atoms with van der Waals surface area (Å²) in [5.74, 6) is 1.65. The Balaban J connectivity index is 1.53. The largest absolute Gasteiger partial charge is 0.493 e. The first kappa shape index (κ1) is 22.6. The molecule has 1 saturated heterocycles. The SMILES string of the molecule is COc1cc(C=NN=C(N)SCc2ccccc2)ccc1OCC(=O)N1CCOCC1. The topological polar surface area (TPSA) is 98.7 Å². The van der Waals surface area contributed by atoms with Crippen molar-refractivity contribution in [2.24, 2.45) is 15.9 Å². The number of carbonyl (C=O) groups is 1. The Morgan fingerprint density at radius 2 is 1.97 bits per heavy atom. The molecule has 9 heteroatoms. The van der Waals surface area contributed by atoms with Crippen LogP contribution in [-0.4, -0.2) is 62.2 Å². The highest BCUT2D eigenvalue weighted by Gasteiger charge is 2.18. The minimum absolute atomic E-state index is 0.0523. The molecule has 0 atom stereocenters. The lowest BCUT2D eigenvalue weighted by molar-refractivity contribution is -0.137. The molecule has 1 aliphatic rings. The van der Waals surface area contributed by atoms with Gasteiger partial charge in [0.2, 0.25) is 0 Å². The van der Waals surface area contributed by atoms with E-state index in [-0.39, 0.29) is 12.5 Å². The summed E-state index contributed by atoms with van der Waals surface area (Å²) in [5, 5.41) is 8.44. The number of carbonyl (C=O) groups excluding carboxylic acids is 1. The van der Waals surface area contributed by atoms with E-state index in [9.17, 15) is 4.79 Å². The van der Waals surface area contributed by atoms with E-state index in [1.54, 1.807) is 30.4 Å². The molecule has 0 radical (unpaired) electrons. The molecule has 0 aliphatic carbocycles. The second-order valence-corrected chi connectivity index (χ2v) is 7.64. The smallest absolute Gasteiger partial charge is 0.260 e. The third kappa shape index (κ3) is 7.30. The van der Waals surface area contributed by atoms with Crippen molar-refractivity contribution in [1.82, 2.24) is 4.90 Å². The number of thioether (sulfide) groups is 1. The lowest BCUT2D eigenvalue weighted by Gasteiger charge is -2.26. The van der Waals surface area contributed by atoms with Crippen LogP contribution in [0.3, 0.4) is 0 Å². The van der Waals surface area contributed by atoms with Gasteiger partial charge in [-0.15, -0.1) is 5.10 Å². The van der Waals surface area contributed by atoms with Gasteiger partial charge >= 0.3 is 0 Å². The maximum absolute atomic E-state index is 12.2. The normalized spacial score (nSPS) is 14.6. The number of nitrogens with two attached hydrogens (primary N) is 1. The number of amides is 1. The lowest BCUT2D eigenvalue weighted by atomic mass is 10.2. The zero-order chi connectivity index (χ0) is 21.9. The van der Waals surface area contributed by atoms with Gasteiger partial charge in [0, 0.05) is 18.8 Å². The van der Waals surface area contributed by atoms with E-state index >= 15 is 0 Å². The highest BCUT2D eigenvalue weighted by atomic mass is 32.2. The van der Waals surface area contributed by atoms with E-state index in [0.717, 1.165) is 11.3 Å². The van der Waals surface area contributed by atoms with E-state index in [1.165, 1.54) is 17.3 Å². The van der Waals surface area contributed by atoms with Gasteiger partial charge in [-0.25, -0.2) is 0 Å². The Morgan fingerprint density at radius 3 is 2.71 bits per heavy atom. The maximum atomic E-state index is 12.2. The number of hydrogen-bond acceptors (Lipinski definition) is 7. The van der Waals surface area contributed by atoms with Crippen molar-refractivity contribution in [3.05, 3.63) is 59.7 Å². The fourth-order valence-corrected chi connectivity index (χ4v) is 3.45. The fourth-order valence-electron chi connectivity index (χ4n) is 2.84. The van der Waals surface area contributed by atoms with Crippen LogP contribution in [0.25, 0.3) is 0 Å². The van der Waals surface area contributed by atoms with Crippen LogP contribution >= 0.6 is 11.8 Å². The molecule has 1 amide bonds. The summed E-state index contributed by atoms with van der Waals surface area (Å²) >= 11 is 1.42. The van der Waals surface area contributed by atoms with Crippen LogP contribution in [0, 0.1) is 0 Å². The van der Waals surface area contributed by atoms with E-state index in [2.05, 4.69) is 10.2 Å². The van der Waals surface area contributed by atoms with Gasteiger partial charge in [0.25, 0.3) is 5.91 Å². The predicted octanol–water partition coefficient (Wildman–Crippen LogP) is 2.51. The van der Waals surface area contributed by atoms with E-state index in [0.29, 0.717) is 43.0 Å². The minimum Gasteiger partial charge on any atom is -0.493 e. The van der Waals surface area contributed by atoms with Crippen LogP contribution in [0.1, 0.15) is 11.1 Å². The molecule has 0 bridgehead atoms. The number of methoxy groups -OCH3 is 1. The number of ether oxygens (including phenoxy) is 3. The van der Waals surface area contributed by atoms with Gasteiger partial charge in [0.05, 0.1) is 26.5 Å². The zero-order valence-corrected chi connectivity index (χ0v) is 18.2. The lowest BCUT2D eigenvalue weighted by Crippen LogP contribution is -2.43. The van der Waals surface area contributed by atoms with Crippen LogP contribution in [0.15, 0.2) is 58.7 Å².